The Morgan fingerprint density at radius 3 is 2.59 bits per heavy atom. The van der Waals surface area contributed by atoms with Crippen LogP contribution in [0.3, 0.4) is 0 Å². The van der Waals surface area contributed by atoms with Crippen molar-refractivity contribution in [3.63, 3.8) is 0 Å². The fourth-order valence-electron chi connectivity index (χ4n) is 3.37. The van der Waals surface area contributed by atoms with Crippen LogP contribution in [0, 0.1) is 0 Å². The third-order valence-electron chi connectivity index (χ3n) is 5.02. The molecule has 2 heterocycles. The summed E-state index contributed by atoms with van der Waals surface area (Å²) < 4.78 is 40.4. The van der Waals surface area contributed by atoms with Crippen LogP contribution in [0.1, 0.15) is 24.8 Å². The van der Waals surface area contributed by atoms with Crippen LogP contribution >= 0.6 is 0 Å². The van der Waals surface area contributed by atoms with Crippen LogP contribution < -0.4 is 10.6 Å². The van der Waals surface area contributed by atoms with E-state index in [0.29, 0.717) is 12.8 Å². The summed E-state index contributed by atoms with van der Waals surface area (Å²) in [6.45, 7) is -0.612. The van der Waals surface area contributed by atoms with Gasteiger partial charge in [0, 0.05) is 0 Å². The highest BCUT2D eigenvalue weighted by molar-refractivity contribution is 6.10. The van der Waals surface area contributed by atoms with Gasteiger partial charge in [-0.2, -0.15) is 18.3 Å². The molecule has 2 N–H and O–H groups in total. The molecule has 0 atom stereocenters. The summed E-state index contributed by atoms with van der Waals surface area (Å²) in [5, 5.41) is 8.78. The lowest BCUT2D eigenvalue weighted by molar-refractivity contribution is -0.137. The predicted molar refractivity (Wildman–Crippen MR) is 91.8 cm³/mol. The molecule has 1 saturated carbocycles. The molecule has 1 saturated heterocycles. The van der Waals surface area contributed by atoms with Crippen LogP contribution in [0.2, 0.25) is 0 Å². The summed E-state index contributed by atoms with van der Waals surface area (Å²) in [5.74, 6) is -1.31. The van der Waals surface area contributed by atoms with Crippen molar-refractivity contribution < 1.29 is 27.6 Å². The highest BCUT2D eigenvalue weighted by Crippen LogP contribution is 2.37. The Balaban J connectivity index is 1.57. The quantitative estimate of drug-likeness (QED) is 0.749. The van der Waals surface area contributed by atoms with Gasteiger partial charge in [0.2, 0.25) is 5.91 Å². The highest BCUT2D eigenvalue weighted by Gasteiger charge is 2.54. The first kappa shape index (κ1) is 18.9. The molecule has 1 aromatic carbocycles. The van der Waals surface area contributed by atoms with Gasteiger partial charge in [-0.25, -0.2) is 14.5 Å². The molecule has 152 valence electrons. The van der Waals surface area contributed by atoms with Gasteiger partial charge in [-0.3, -0.25) is 14.5 Å². The Morgan fingerprint density at radius 1 is 1.28 bits per heavy atom. The molecule has 2 fully saturated rings. The molecule has 1 aliphatic carbocycles. The van der Waals surface area contributed by atoms with Gasteiger partial charge in [0.05, 0.1) is 16.9 Å². The molecule has 4 amide bonds. The zero-order valence-corrected chi connectivity index (χ0v) is 14.9. The fraction of sp³-hybridized carbons (Fsp3) is 0.353. The topological polar surface area (TPSA) is 109 Å². The van der Waals surface area contributed by atoms with Gasteiger partial charge in [-0.1, -0.05) is 0 Å². The third kappa shape index (κ3) is 3.30. The average molecular weight is 408 g/mol. The van der Waals surface area contributed by atoms with Gasteiger partial charge in [0.15, 0.2) is 0 Å². The smallest absolute Gasteiger partial charge is 0.323 e. The lowest BCUT2D eigenvalue weighted by atomic mass is 9.77. The van der Waals surface area contributed by atoms with Crippen LogP contribution in [0.4, 0.5) is 23.7 Å². The molecule has 12 heteroatoms. The molecular formula is C17H15F3N6O3. The molecule has 4 rings (SSSR count). The summed E-state index contributed by atoms with van der Waals surface area (Å²) >= 11 is 0. The number of nitrogens with one attached hydrogen (secondary N) is 2. The van der Waals surface area contributed by atoms with E-state index in [-0.39, 0.29) is 11.4 Å². The SMILES string of the molecule is O=C(CN1C(=O)NC2(CCC2)C1=O)Nc1cc(C(F)(F)F)ccc1-n1cncn1. The number of nitrogens with zero attached hydrogens (tertiary/aromatic N) is 4. The van der Waals surface area contributed by atoms with E-state index in [0.717, 1.165) is 29.5 Å². The number of amides is 4. The van der Waals surface area contributed by atoms with Gasteiger partial charge in [-0.15, -0.1) is 0 Å². The molecule has 1 aliphatic heterocycles. The van der Waals surface area contributed by atoms with Gasteiger partial charge in [0.25, 0.3) is 5.91 Å². The van der Waals surface area contributed by atoms with Crippen molar-refractivity contribution in [3.8, 4) is 5.69 Å². The average Bonchev–Trinajstić information content (AvgIpc) is 3.23. The number of rotatable bonds is 4. The first-order valence-corrected chi connectivity index (χ1v) is 8.70. The Labute approximate surface area is 161 Å². The van der Waals surface area contributed by atoms with Crippen molar-refractivity contribution in [3.05, 3.63) is 36.4 Å². The standard InChI is InChI=1S/C17H15F3N6O3/c18-17(19,20)10-2-3-12(26-9-21-8-22-26)11(6-10)23-13(27)7-25-14(28)16(4-1-5-16)24-15(25)29/h2-3,6,8-9H,1,4-5,7H2,(H,23,27)(H,24,29). The summed E-state index contributed by atoms with van der Waals surface area (Å²) in [6, 6.07) is 2.06. The molecule has 0 radical (unpaired) electrons. The highest BCUT2D eigenvalue weighted by atomic mass is 19.4. The lowest BCUT2D eigenvalue weighted by Gasteiger charge is -2.34. The normalized spacial score (nSPS) is 18.0. The Bertz CT molecular complexity index is 985. The number of carbonyl (C=O) groups excluding carboxylic acids is 3. The zero-order valence-electron chi connectivity index (χ0n) is 14.9. The van der Waals surface area contributed by atoms with Gasteiger partial charge in [-0.05, 0) is 37.5 Å². The molecule has 29 heavy (non-hydrogen) atoms. The number of aromatic nitrogens is 3. The van der Waals surface area contributed by atoms with Crippen LogP contribution in [0.5, 0.6) is 0 Å². The second-order valence-corrected chi connectivity index (χ2v) is 6.88. The summed E-state index contributed by atoms with van der Waals surface area (Å²) in [7, 11) is 0. The Hall–Kier alpha value is -3.44. The minimum atomic E-state index is -4.62. The molecule has 2 aliphatic rings. The fourth-order valence-corrected chi connectivity index (χ4v) is 3.37. The largest absolute Gasteiger partial charge is 0.416 e. The van der Waals surface area contributed by atoms with E-state index < -0.39 is 41.7 Å². The molecule has 0 unspecified atom stereocenters. The maximum absolute atomic E-state index is 13.1. The number of imide groups is 1. The first-order chi connectivity index (χ1) is 13.7. The minimum absolute atomic E-state index is 0.150. The van der Waals surface area contributed by atoms with E-state index in [4.69, 9.17) is 0 Å². The summed E-state index contributed by atoms with van der Waals surface area (Å²) in [6.07, 6.45) is -0.385. The maximum atomic E-state index is 13.1. The van der Waals surface area contributed by atoms with E-state index in [2.05, 4.69) is 20.7 Å². The Kier molecular flexibility index (Phi) is 4.28. The Morgan fingerprint density at radius 2 is 2.03 bits per heavy atom. The van der Waals surface area contributed by atoms with E-state index >= 15 is 0 Å². The summed E-state index contributed by atoms with van der Waals surface area (Å²) in [4.78, 5) is 41.5. The van der Waals surface area contributed by atoms with Crippen molar-refractivity contribution in [1.82, 2.24) is 25.0 Å². The van der Waals surface area contributed by atoms with E-state index in [9.17, 15) is 27.6 Å². The van der Waals surface area contributed by atoms with Crippen molar-refractivity contribution in [2.45, 2.75) is 31.0 Å². The lowest BCUT2D eigenvalue weighted by Crippen LogP contribution is -2.52. The van der Waals surface area contributed by atoms with Crippen molar-refractivity contribution in [1.29, 1.82) is 0 Å². The van der Waals surface area contributed by atoms with E-state index in [1.807, 2.05) is 0 Å². The molecular weight excluding hydrogens is 393 g/mol. The molecule has 9 nitrogen and oxygen atoms in total. The third-order valence-corrected chi connectivity index (χ3v) is 5.02. The van der Waals surface area contributed by atoms with Crippen molar-refractivity contribution in [2.24, 2.45) is 0 Å². The van der Waals surface area contributed by atoms with Gasteiger partial charge >= 0.3 is 12.2 Å². The number of urea groups is 1. The van der Waals surface area contributed by atoms with Crippen molar-refractivity contribution >= 4 is 23.5 Å². The number of hydrogen-bond acceptors (Lipinski definition) is 5. The maximum Gasteiger partial charge on any atom is 0.416 e. The monoisotopic (exact) mass is 408 g/mol. The van der Waals surface area contributed by atoms with Crippen LogP contribution in [0.15, 0.2) is 30.9 Å². The van der Waals surface area contributed by atoms with Gasteiger partial charge < -0.3 is 10.6 Å². The summed E-state index contributed by atoms with van der Waals surface area (Å²) in [5.41, 5.74) is -1.95. The van der Waals surface area contributed by atoms with Crippen LogP contribution in [-0.2, 0) is 15.8 Å². The number of anilines is 1. The number of hydrogen-bond donors (Lipinski definition) is 2. The number of benzene rings is 1. The second-order valence-electron chi connectivity index (χ2n) is 6.88. The first-order valence-electron chi connectivity index (χ1n) is 8.70. The molecule has 1 spiro atoms. The molecule has 2 aromatic rings. The van der Waals surface area contributed by atoms with Crippen LogP contribution in [0.25, 0.3) is 5.69 Å². The number of carbonyl (C=O) groups is 3. The van der Waals surface area contributed by atoms with Crippen molar-refractivity contribution in [2.75, 3.05) is 11.9 Å². The number of halogens is 3. The van der Waals surface area contributed by atoms with E-state index in [1.165, 1.54) is 17.3 Å². The van der Waals surface area contributed by atoms with Crippen LogP contribution in [-0.4, -0.2) is 49.6 Å². The second kappa shape index (κ2) is 6.57. The molecule has 0 bridgehead atoms. The number of alkyl halides is 3. The minimum Gasteiger partial charge on any atom is -0.323 e. The predicted octanol–water partition coefficient (Wildman–Crippen LogP) is 1.70. The molecule has 1 aromatic heterocycles. The van der Waals surface area contributed by atoms with E-state index in [1.54, 1.807) is 0 Å². The van der Waals surface area contributed by atoms with Gasteiger partial charge in [0.1, 0.15) is 24.7 Å². The zero-order chi connectivity index (χ0) is 20.8.